The topological polar surface area (TPSA) is 44.3 Å². The van der Waals surface area contributed by atoms with E-state index < -0.39 is 0 Å². The van der Waals surface area contributed by atoms with Gasteiger partial charge >= 0.3 is 0 Å². The average Bonchev–Trinajstić information content (AvgIpc) is 2.99. The van der Waals surface area contributed by atoms with Gasteiger partial charge in [0.1, 0.15) is 5.82 Å². The SMILES string of the molecule is CC1CCN(c2ccc(Nc3ccnc(N4CCCCCC4)n3)cc2)CC1. The van der Waals surface area contributed by atoms with Gasteiger partial charge in [-0.15, -0.1) is 0 Å². The van der Waals surface area contributed by atoms with Gasteiger partial charge < -0.3 is 15.1 Å². The maximum absolute atomic E-state index is 4.75. The van der Waals surface area contributed by atoms with E-state index >= 15 is 0 Å². The van der Waals surface area contributed by atoms with Crippen molar-refractivity contribution >= 4 is 23.1 Å². The lowest BCUT2D eigenvalue weighted by molar-refractivity contribution is 0.438. The van der Waals surface area contributed by atoms with Crippen LogP contribution in [0, 0.1) is 5.92 Å². The smallest absolute Gasteiger partial charge is 0.227 e. The van der Waals surface area contributed by atoms with Crippen LogP contribution < -0.4 is 15.1 Å². The molecule has 144 valence electrons. The minimum atomic E-state index is 0.848. The van der Waals surface area contributed by atoms with Crippen molar-refractivity contribution in [2.24, 2.45) is 5.92 Å². The lowest BCUT2D eigenvalue weighted by Gasteiger charge is -2.32. The lowest BCUT2D eigenvalue weighted by Crippen LogP contribution is -2.32. The van der Waals surface area contributed by atoms with Crippen LogP contribution in [0.15, 0.2) is 36.5 Å². The van der Waals surface area contributed by atoms with Crippen molar-refractivity contribution in [2.45, 2.75) is 45.4 Å². The number of hydrogen-bond donors (Lipinski definition) is 1. The van der Waals surface area contributed by atoms with E-state index in [1.807, 2.05) is 12.3 Å². The summed E-state index contributed by atoms with van der Waals surface area (Å²) in [5.41, 5.74) is 2.39. The molecule has 2 aromatic rings. The van der Waals surface area contributed by atoms with Gasteiger partial charge in [-0.25, -0.2) is 4.98 Å². The molecule has 0 saturated carbocycles. The molecule has 0 radical (unpaired) electrons. The molecule has 2 saturated heterocycles. The zero-order valence-corrected chi connectivity index (χ0v) is 16.4. The first-order valence-corrected chi connectivity index (χ1v) is 10.5. The van der Waals surface area contributed by atoms with Gasteiger partial charge in [0.2, 0.25) is 5.95 Å². The molecule has 2 aliphatic heterocycles. The highest BCUT2D eigenvalue weighted by Gasteiger charge is 2.16. The van der Waals surface area contributed by atoms with Crippen LogP contribution in [0.2, 0.25) is 0 Å². The first kappa shape index (κ1) is 18.1. The summed E-state index contributed by atoms with van der Waals surface area (Å²) in [6, 6.07) is 10.7. The molecule has 4 rings (SSSR count). The lowest BCUT2D eigenvalue weighted by atomic mass is 9.99. The minimum absolute atomic E-state index is 0.848. The molecule has 2 fully saturated rings. The molecule has 0 bridgehead atoms. The third kappa shape index (κ3) is 4.71. The molecule has 1 aromatic carbocycles. The van der Waals surface area contributed by atoms with Gasteiger partial charge in [-0.05, 0) is 61.9 Å². The minimum Gasteiger partial charge on any atom is -0.372 e. The monoisotopic (exact) mass is 365 g/mol. The summed E-state index contributed by atoms with van der Waals surface area (Å²) in [4.78, 5) is 14.1. The van der Waals surface area contributed by atoms with Crippen LogP contribution in [-0.4, -0.2) is 36.1 Å². The van der Waals surface area contributed by atoms with E-state index in [1.165, 1.54) is 57.3 Å². The van der Waals surface area contributed by atoms with E-state index in [1.54, 1.807) is 0 Å². The molecule has 5 nitrogen and oxygen atoms in total. The number of hydrogen-bond acceptors (Lipinski definition) is 5. The summed E-state index contributed by atoms with van der Waals surface area (Å²) in [7, 11) is 0. The normalized spacial score (nSPS) is 19.0. The van der Waals surface area contributed by atoms with Gasteiger partial charge in [0.05, 0.1) is 0 Å². The van der Waals surface area contributed by atoms with E-state index in [0.717, 1.165) is 36.5 Å². The quantitative estimate of drug-likeness (QED) is 0.840. The molecular formula is C22H31N5. The van der Waals surface area contributed by atoms with Gasteiger partial charge in [-0.2, -0.15) is 4.98 Å². The van der Waals surface area contributed by atoms with Crippen molar-refractivity contribution in [1.82, 2.24) is 9.97 Å². The second kappa shape index (κ2) is 8.59. The Morgan fingerprint density at radius 3 is 2.26 bits per heavy atom. The molecule has 0 spiro atoms. The molecule has 5 heteroatoms. The first-order valence-electron chi connectivity index (χ1n) is 10.5. The molecule has 1 aromatic heterocycles. The third-order valence-corrected chi connectivity index (χ3v) is 5.82. The molecule has 0 amide bonds. The Kier molecular flexibility index (Phi) is 5.75. The average molecular weight is 366 g/mol. The van der Waals surface area contributed by atoms with Crippen molar-refractivity contribution in [3.05, 3.63) is 36.5 Å². The first-order chi connectivity index (χ1) is 13.3. The number of rotatable bonds is 4. The fraction of sp³-hybridized carbons (Fsp3) is 0.545. The number of piperidine rings is 1. The van der Waals surface area contributed by atoms with Gasteiger partial charge in [-0.3, -0.25) is 0 Å². The summed E-state index contributed by atoms with van der Waals surface area (Å²) in [6.45, 7) is 6.81. The standard InChI is InChI=1S/C22H31N5/c1-18-11-16-26(17-12-18)20-8-6-19(7-9-20)24-21-10-13-23-22(25-21)27-14-4-2-3-5-15-27/h6-10,13,18H,2-5,11-12,14-17H2,1H3,(H,23,24,25). The molecule has 27 heavy (non-hydrogen) atoms. The van der Waals surface area contributed by atoms with Crippen molar-refractivity contribution < 1.29 is 0 Å². The van der Waals surface area contributed by atoms with Crippen LogP contribution in [0.25, 0.3) is 0 Å². The summed E-state index contributed by atoms with van der Waals surface area (Å²) in [5.74, 6) is 2.57. The van der Waals surface area contributed by atoms with Crippen LogP contribution in [0.3, 0.4) is 0 Å². The number of nitrogens with one attached hydrogen (secondary N) is 1. The number of anilines is 4. The highest BCUT2D eigenvalue weighted by atomic mass is 15.3. The highest BCUT2D eigenvalue weighted by molar-refractivity contribution is 5.61. The number of aromatic nitrogens is 2. The molecule has 0 unspecified atom stereocenters. The van der Waals surface area contributed by atoms with Crippen LogP contribution in [0.4, 0.5) is 23.1 Å². The number of benzene rings is 1. The molecule has 1 N–H and O–H groups in total. The Morgan fingerprint density at radius 2 is 1.56 bits per heavy atom. The Bertz CT molecular complexity index is 714. The van der Waals surface area contributed by atoms with E-state index in [-0.39, 0.29) is 0 Å². The summed E-state index contributed by atoms with van der Waals surface area (Å²) >= 11 is 0. The van der Waals surface area contributed by atoms with Crippen LogP contribution in [-0.2, 0) is 0 Å². The summed E-state index contributed by atoms with van der Waals surface area (Å²) in [5, 5.41) is 3.44. The second-order valence-electron chi connectivity index (χ2n) is 7.98. The fourth-order valence-electron chi connectivity index (χ4n) is 4.01. The zero-order chi connectivity index (χ0) is 18.5. The van der Waals surface area contributed by atoms with Crippen molar-refractivity contribution in [1.29, 1.82) is 0 Å². The van der Waals surface area contributed by atoms with E-state index in [4.69, 9.17) is 4.98 Å². The largest absolute Gasteiger partial charge is 0.372 e. The fourth-order valence-corrected chi connectivity index (χ4v) is 4.01. The second-order valence-corrected chi connectivity index (χ2v) is 7.98. The predicted octanol–water partition coefficient (Wildman–Crippen LogP) is 4.84. The molecule has 0 atom stereocenters. The van der Waals surface area contributed by atoms with Crippen molar-refractivity contribution in [3.63, 3.8) is 0 Å². The van der Waals surface area contributed by atoms with Gasteiger partial charge in [0.25, 0.3) is 0 Å². The van der Waals surface area contributed by atoms with Gasteiger partial charge in [0, 0.05) is 43.8 Å². The Labute approximate surface area is 162 Å². The van der Waals surface area contributed by atoms with Crippen LogP contribution >= 0.6 is 0 Å². The zero-order valence-electron chi connectivity index (χ0n) is 16.4. The van der Waals surface area contributed by atoms with E-state index in [2.05, 4.69) is 51.3 Å². The van der Waals surface area contributed by atoms with Crippen molar-refractivity contribution in [3.8, 4) is 0 Å². The van der Waals surface area contributed by atoms with Crippen molar-refractivity contribution in [2.75, 3.05) is 41.3 Å². The Hall–Kier alpha value is -2.30. The maximum Gasteiger partial charge on any atom is 0.227 e. The highest BCUT2D eigenvalue weighted by Crippen LogP contribution is 2.25. The predicted molar refractivity (Wildman–Crippen MR) is 113 cm³/mol. The van der Waals surface area contributed by atoms with Crippen LogP contribution in [0.5, 0.6) is 0 Å². The maximum atomic E-state index is 4.75. The molecule has 3 heterocycles. The summed E-state index contributed by atoms with van der Waals surface area (Å²) in [6.07, 6.45) is 9.54. The van der Waals surface area contributed by atoms with Gasteiger partial charge in [0.15, 0.2) is 0 Å². The summed E-state index contributed by atoms with van der Waals surface area (Å²) < 4.78 is 0. The number of nitrogens with zero attached hydrogens (tertiary/aromatic N) is 4. The van der Waals surface area contributed by atoms with Crippen LogP contribution in [0.1, 0.15) is 45.4 Å². The van der Waals surface area contributed by atoms with Gasteiger partial charge in [-0.1, -0.05) is 19.8 Å². The molecular weight excluding hydrogens is 334 g/mol. The van der Waals surface area contributed by atoms with E-state index in [0.29, 0.717) is 0 Å². The van der Waals surface area contributed by atoms with E-state index in [9.17, 15) is 0 Å². The third-order valence-electron chi connectivity index (χ3n) is 5.82. The Balaban J connectivity index is 1.41. The Morgan fingerprint density at radius 1 is 0.852 bits per heavy atom. The molecule has 2 aliphatic rings. The molecule has 0 aliphatic carbocycles.